The molecule has 0 radical (unpaired) electrons. The fourth-order valence-electron chi connectivity index (χ4n) is 3.17. The highest BCUT2D eigenvalue weighted by Crippen LogP contribution is 2.43. The third kappa shape index (κ3) is 1.89. The van der Waals surface area contributed by atoms with Crippen molar-refractivity contribution in [3.05, 3.63) is 53.1 Å². The zero-order chi connectivity index (χ0) is 13.6. The highest BCUT2D eigenvalue weighted by Gasteiger charge is 2.33. The van der Waals surface area contributed by atoms with Crippen molar-refractivity contribution in [3.8, 4) is 0 Å². The fourth-order valence-corrected chi connectivity index (χ4v) is 3.17. The van der Waals surface area contributed by atoms with Crippen molar-refractivity contribution in [2.75, 3.05) is 0 Å². The van der Waals surface area contributed by atoms with Gasteiger partial charge < -0.3 is 9.67 Å². The summed E-state index contributed by atoms with van der Waals surface area (Å²) < 4.78 is 2.13. The van der Waals surface area contributed by atoms with Gasteiger partial charge in [-0.3, -0.25) is 0 Å². The predicted molar refractivity (Wildman–Crippen MR) is 75.2 cm³/mol. The Labute approximate surface area is 113 Å². The van der Waals surface area contributed by atoms with E-state index in [-0.39, 0.29) is 6.04 Å². The molecule has 3 nitrogen and oxygen atoms in total. The van der Waals surface area contributed by atoms with Crippen molar-refractivity contribution in [3.63, 3.8) is 0 Å². The molecular weight excluding hydrogens is 236 g/mol. The summed E-state index contributed by atoms with van der Waals surface area (Å²) in [5.41, 5.74) is 4.53. The van der Waals surface area contributed by atoms with E-state index in [4.69, 9.17) is 0 Å². The van der Waals surface area contributed by atoms with Crippen LogP contribution in [0.5, 0.6) is 0 Å². The maximum Gasteiger partial charge on any atom is 0.1000 e. The van der Waals surface area contributed by atoms with Crippen LogP contribution < -0.4 is 0 Å². The van der Waals surface area contributed by atoms with Gasteiger partial charge in [-0.2, -0.15) is 0 Å². The lowest BCUT2D eigenvalue weighted by Crippen LogP contribution is -2.26. The average molecular weight is 256 g/mol. The number of imidazole rings is 1. The molecule has 3 heteroatoms. The summed E-state index contributed by atoms with van der Waals surface area (Å²) in [6.07, 6.45) is 2.37. The molecule has 0 bridgehead atoms. The maximum atomic E-state index is 10.7. The number of fused-ring (bicyclic) bond motifs is 1. The molecular formula is C16H20N2O. The van der Waals surface area contributed by atoms with Crippen LogP contribution in [0, 0.1) is 13.8 Å². The first-order valence-corrected chi connectivity index (χ1v) is 6.86. The molecule has 19 heavy (non-hydrogen) atoms. The van der Waals surface area contributed by atoms with E-state index in [9.17, 15) is 5.11 Å². The van der Waals surface area contributed by atoms with Crippen LogP contribution in [-0.4, -0.2) is 14.7 Å². The Kier molecular flexibility index (Phi) is 2.94. The zero-order valence-electron chi connectivity index (χ0n) is 11.7. The van der Waals surface area contributed by atoms with Gasteiger partial charge in [0.1, 0.15) is 0 Å². The van der Waals surface area contributed by atoms with E-state index >= 15 is 0 Å². The number of rotatable bonds is 1. The van der Waals surface area contributed by atoms with E-state index in [0.29, 0.717) is 5.92 Å². The molecule has 1 aromatic carbocycles. The summed E-state index contributed by atoms with van der Waals surface area (Å²) in [5, 5.41) is 10.7. The molecule has 0 saturated heterocycles. The Morgan fingerprint density at radius 1 is 1.21 bits per heavy atom. The number of aryl methyl sites for hydroxylation is 1. The molecule has 0 saturated carbocycles. The van der Waals surface area contributed by atoms with Gasteiger partial charge in [0.05, 0.1) is 24.2 Å². The lowest BCUT2D eigenvalue weighted by atomic mass is 9.79. The Morgan fingerprint density at radius 2 is 1.89 bits per heavy atom. The van der Waals surface area contributed by atoms with Crippen molar-refractivity contribution in [2.24, 2.45) is 0 Å². The van der Waals surface area contributed by atoms with E-state index in [1.165, 1.54) is 5.56 Å². The number of aliphatic hydroxyl groups is 1. The van der Waals surface area contributed by atoms with Gasteiger partial charge in [0.15, 0.2) is 0 Å². The minimum Gasteiger partial charge on any atom is -0.386 e. The second kappa shape index (κ2) is 4.49. The van der Waals surface area contributed by atoms with Gasteiger partial charge in [-0.25, -0.2) is 4.98 Å². The molecule has 100 valence electrons. The lowest BCUT2D eigenvalue weighted by molar-refractivity contribution is 0.0921. The Morgan fingerprint density at radius 3 is 2.53 bits per heavy atom. The molecule has 3 rings (SSSR count). The number of aliphatic hydroxyl groups excluding tert-OH is 1. The maximum absolute atomic E-state index is 10.7. The lowest BCUT2D eigenvalue weighted by Gasteiger charge is -2.35. The minimum absolute atomic E-state index is 0.0890. The van der Waals surface area contributed by atoms with Crippen molar-refractivity contribution in [1.82, 2.24) is 9.55 Å². The molecule has 1 aliphatic carbocycles. The normalized spacial score (nSPS) is 26.2. The molecule has 0 spiro atoms. The largest absolute Gasteiger partial charge is 0.386 e. The van der Waals surface area contributed by atoms with Crippen LogP contribution in [-0.2, 0) is 0 Å². The van der Waals surface area contributed by atoms with Gasteiger partial charge in [0.2, 0.25) is 0 Å². The van der Waals surface area contributed by atoms with E-state index in [1.54, 1.807) is 0 Å². The second-order valence-electron chi connectivity index (χ2n) is 5.60. The molecule has 1 N–H and O–H groups in total. The SMILES string of the molecule is Cc1ncn(C2CC(C)c3ccccc3C2O)c1C. The molecule has 1 heterocycles. The number of nitrogens with zero attached hydrogens (tertiary/aromatic N) is 2. The molecule has 1 aliphatic rings. The molecule has 0 aliphatic heterocycles. The summed E-state index contributed by atoms with van der Waals surface area (Å²) in [5.74, 6) is 0.465. The molecule has 3 unspecified atom stereocenters. The van der Waals surface area contributed by atoms with Crippen molar-refractivity contribution >= 4 is 0 Å². The van der Waals surface area contributed by atoms with E-state index < -0.39 is 6.10 Å². The quantitative estimate of drug-likeness (QED) is 0.850. The number of benzene rings is 1. The summed E-state index contributed by atoms with van der Waals surface area (Å²) in [6, 6.07) is 8.32. The summed E-state index contributed by atoms with van der Waals surface area (Å²) in [4.78, 5) is 4.36. The van der Waals surface area contributed by atoms with E-state index in [1.807, 2.05) is 25.4 Å². The number of aromatic nitrogens is 2. The standard InChI is InChI=1S/C16H20N2O/c1-10-8-15(18-9-17-11(2)12(18)3)16(19)14-7-5-4-6-13(10)14/h4-7,9-10,15-16,19H,8H2,1-3H3. The van der Waals surface area contributed by atoms with Gasteiger partial charge in [-0.05, 0) is 37.3 Å². The van der Waals surface area contributed by atoms with Gasteiger partial charge >= 0.3 is 0 Å². The number of hydrogen-bond acceptors (Lipinski definition) is 2. The van der Waals surface area contributed by atoms with Crippen molar-refractivity contribution in [2.45, 2.75) is 45.3 Å². The highest BCUT2D eigenvalue weighted by molar-refractivity contribution is 5.35. The highest BCUT2D eigenvalue weighted by atomic mass is 16.3. The summed E-state index contributed by atoms with van der Waals surface area (Å²) in [6.45, 7) is 6.31. The molecule has 0 amide bonds. The van der Waals surface area contributed by atoms with Gasteiger partial charge in [-0.1, -0.05) is 31.2 Å². The van der Waals surface area contributed by atoms with Crippen LogP contribution in [0.4, 0.5) is 0 Å². The molecule has 0 fully saturated rings. The minimum atomic E-state index is -0.445. The topological polar surface area (TPSA) is 38.0 Å². The van der Waals surface area contributed by atoms with E-state index in [2.05, 4.69) is 35.5 Å². The van der Waals surface area contributed by atoms with Crippen molar-refractivity contribution in [1.29, 1.82) is 0 Å². The van der Waals surface area contributed by atoms with Crippen LogP contribution in [0.3, 0.4) is 0 Å². The number of hydrogen-bond donors (Lipinski definition) is 1. The van der Waals surface area contributed by atoms with Crippen LogP contribution in [0.1, 0.15) is 53.9 Å². The smallest absolute Gasteiger partial charge is 0.1000 e. The molecule has 3 atom stereocenters. The Balaban J connectivity index is 2.05. The summed E-state index contributed by atoms with van der Waals surface area (Å²) in [7, 11) is 0. The van der Waals surface area contributed by atoms with Crippen LogP contribution in [0.15, 0.2) is 30.6 Å². The van der Waals surface area contributed by atoms with Gasteiger partial charge in [0.25, 0.3) is 0 Å². The Hall–Kier alpha value is -1.61. The average Bonchev–Trinajstić information content (AvgIpc) is 2.75. The van der Waals surface area contributed by atoms with Crippen LogP contribution >= 0.6 is 0 Å². The monoisotopic (exact) mass is 256 g/mol. The van der Waals surface area contributed by atoms with Gasteiger partial charge in [0, 0.05) is 5.69 Å². The first-order valence-electron chi connectivity index (χ1n) is 6.86. The predicted octanol–water partition coefficient (Wildman–Crippen LogP) is 3.28. The Bertz CT molecular complexity index is 603. The zero-order valence-corrected chi connectivity index (χ0v) is 11.7. The summed E-state index contributed by atoms with van der Waals surface area (Å²) >= 11 is 0. The molecule has 1 aromatic heterocycles. The van der Waals surface area contributed by atoms with Crippen LogP contribution in [0.2, 0.25) is 0 Å². The first-order chi connectivity index (χ1) is 9.09. The third-order valence-electron chi connectivity index (χ3n) is 4.45. The third-order valence-corrected chi connectivity index (χ3v) is 4.45. The van der Waals surface area contributed by atoms with Crippen LogP contribution in [0.25, 0.3) is 0 Å². The molecule has 2 aromatic rings. The first kappa shape index (κ1) is 12.4. The van der Waals surface area contributed by atoms with E-state index in [0.717, 1.165) is 23.4 Å². The fraction of sp³-hybridized carbons (Fsp3) is 0.438. The van der Waals surface area contributed by atoms with Gasteiger partial charge in [-0.15, -0.1) is 0 Å². The second-order valence-corrected chi connectivity index (χ2v) is 5.60. The van der Waals surface area contributed by atoms with Crippen molar-refractivity contribution < 1.29 is 5.11 Å².